The van der Waals surface area contributed by atoms with Gasteiger partial charge in [-0.1, -0.05) is 19.4 Å². The molecular formula is C15H22FN3. The van der Waals surface area contributed by atoms with Crippen LogP contribution in [0.2, 0.25) is 0 Å². The van der Waals surface area contributed by atoms with Gasteiger partial charge in [0.2, 0.25) is 0 Å². The zero-order chi connectivity index (χ0) is 13.8. The van der Waals surface area contributed by atoms with Crippen molar-refractivity contribution in [2.75, 3.05) is 11.4 Å². The Balaban J connectivity index is 2.38. The third-order valence-corrected chi connectivity index (χ3v) is 3.82. The van der Waals surface area contributed by atoms with Crippen LogP contribution >= 0.6 is 0 Å². The summed E-state index contributed by atoms with van der Waals surface area (Å²) in [4.78, 5) is 2.24. The lowest BCUT2D eigenvalue weighted by Gasteiger charge is -2.38. The second-order valence-corrected chi connectivity index (χ2v) is 5.18. The minimum absolute atomic E-state index is 0.186. The van der Waals surface area contributed by atoms with Gasteiger partial charge in [0.05, 0.1) is 11.3 Å². The van der Waals surface area contributed by atoms with E-state index in [1.807, 2.05) is 6.07 Å². The van der Waals surface area contributed by atoms with Crippen LogP contribution in [0.15, 0.2) is 18.2 Å². The van der Waals surface area contributed by atoms with Gasteiger partial charge in [-0.2, -0.15) is 0 Å². The molecule has 0 amide bonds. The van der Waals surface area contributed by atoms with Crippen LogP contribution in [-0.2, 0) is 0 Å². The first-order valence-corrected chi connectivity index (χ1v) is 7.04. The topological polar surface area (TPSA) is 53.1 Å². The molecule has 0 saturated carbocycles. The van der Waals surface area contributed by atoms with Gasteiger partial charge < -0.3 is 10.6 Å². The fourth-order valence-electron chi connectivity index (χ4n) is 2.97. The molecule has 1 saturated heterocycles. The molecule has 1 aliphatic heterocycles. The summed E-state index contributed by atoms with van der Waals surface area (Å²) >= 11 is 0. The summed E-state index contributed by atoms with van der Waals surface area (Å²) in [6.07, 6.45) is 5.71. The predicted molar refractivity (Wildman–Crippen MR) is 77.3 cm³/mol. The number of anilines is 1. The Morgan fingerprint density at radius 1 is 1.47 bits per heavy atom. The highest BCUT2D eigenvalue weighted by Gasteiger charge is 2.25. The third-order valence-electron chi connectivity index (χ3n) is 3.82. The molecule has 19 heavy (non-hydrogen) atoms. The average molecular weight is 263 g/mol. The molecule has 4 heteroatoms. The second-order valence-electron chi connectivity index (χ2n) is 5.18. The summed E-state index contributed by atoms with van der Waals surface area (Å²) in [5.74, 6) is -0.584. The lowest BCUT2D eigenvalue weighted by molar-refractivity contribution is 0.434. The van der Waals surface area contributed by atoms with Crippen LogP contribution in [0.1, 0.15) is 44.6 Å². The lowest BCUT2D eigenvalue weighted by Crippen LogP contribution is -2.40. The van der Waals surface area contributed by atoms with Gasteiger partial charge >= 0.3 is 0 Å². The van der Waals surface area contributed by atoms with Gasteiger partial charge in [0.1, 0.15) is 11.7 Å². The van der Waals surface area contributed by atoms with Gasteiger partial charge in [0, 0.05) is 12.6 Å². The van der Waals surface area contributed by atoms with Gasteiger partial charge in [0.25, 0.3) is 0 Å². The molecular weight excluding hydrogens is 241 g/mol. The smallest absolute Gasteiger partial charge is 0.136 e. The molecule has 1 fully saturated rings. The number of benzene rings is 1. The van der Waals surface area contributed by atoms with E-state index < -0.39 is 5.82 Å². The number of nitrogen functional groups attached to an aromatic ring is 1. The number of piperidine rings is 1. The number of amidine groups is 1. The molecule has 1 unspecified atom stereocenters. The molecule has 1 aromatic rings. The van der Waals surface area contributed by atoms with E-state index in [1.165, 1.54) is 12.5 Å². The summed E-state index contributed by atoms with van der Waals surface area (Å²) in [6.45, 7) is 3.10. The van der Waals surface area contributed by atoms with E-state index in [0.717, 1.165) is 37.9 Å². The summed E-state index contributed by atoms with van der Waals surface area (Å²) in [6, 6.07) is 5.40. The number of halogens is 1. The van der Waals surface area contributed by atoms with E-state index in [-0.39, 0.29) is 11.4 Å². The van der Waals surface area contributed by atoms with Crippen LogP contribution in [0.25, 0.3) is 0 Å². The lowest BCUT2D eigenvalue weighted by atomic mass is 9.96. The highest BCUT2D eigenvalue weighted by atomic mass is 19.1. The van der Waals surface area contributed by atoms with Crippen molar-refractivity contribution in [3.63, 3.8) is 0 Å². The number of nitrogens with zero attached hydrogens (tertiary/aromatic N) is 1. The number of nitrogens with one attached hydrogen (secondary N) is 1. The van der Waals surface area contributed by atoms with Crippen molar-refractivity contribution in [2.24, 2.45) is 5.73 Å². The SMILES string of the molecule is CCCC1CCCCN1c1cccc(F)c1C(=N)N. The molecule has 2 rings (SSSR count). The first-order chi connectivity index (χ1) is 9.15. The third kappa shape index (κ3) is 2.88. The first kappa shape index (κ1) is 13.8. The highest BCUT2D eigenvalue weighted by Crippen LogP contribution is 2.31. The molecule has 1 heterocycles. The monoisotopic (exact) mass is 263 g/mol. The van der Waals surface area contributed by atoms with E-state index in [2.05, 4.69) is 11.8 Å². The maximum atomic E-state index is 13.9. The maximum Gasteiger partial charge on any atom is 0.136 e. The molecule has 3 N–H and O–H groups in total. The fraction of sp³-hybridized carbons (Fsp3) is 0.533. The van der Waals surface area contributed by atoms with Gasteiger partial charge in [-0.15, -0.1) is 0 Å². The van der Waals surface area contributed by atoms with Crippen LogP contribution in [0.3, 0.4) is 0 Å². The number of rotatable bonds is 4. The van der Waals surface area contributed by atoms with E-state index in [0.29, 0.717) is 6.04 Å². The molecule has 0 aliphatic carbocycles. The standard InChI is InChI=1S/C15H22FN3/c1-2-6-11-7-3-4-10-19(11)13-9-5-8-12(16)14(13)15(17)18/h5,8-9,11H,2-4,6-7,10H2,1H3,(H3,17,18). The van der Waals surface area contributed by atoms with Gasteiger partial charge in [-0.3, -0.25) is 5.41 Å². The van der Waals surface area contributed by atoms with Crippen molar-refractivity contribution < 1.29 is 4.39 Å². The van der Waals surface area contributed by atoms with E-state index >= 15 is 0 Å². The summed E-state index contributed by atoms with van der Waals surface area (Å²) < 4.78 is 13.9. The van der Waals surface area contributed by atoms with Crippen molar-refractivity contribution in [1.29, 1.82) is 5.41 Å². The Hall–Kier alpha value is -1.58. The summed E-state index contributed by atoms with van der Waals surface area (Å²) in [7, 11) is 0. The van der Waals surface area contributed by atoms with E-state index in [9.17, 15) is 4.39 Å². The molecule has 104 valence electrons. The highest BCUT2D eigenvalue weighted by molar-refractivity contribution is 6.00. The molecule has 1 atom stereocenters. The minimum Gasteiger partial charge on any atom is -0.384 e. The second kappa shape index (κ2) is 6.04. The van der Waals surface area contributed by atoms with Crippen molar-refractivity contribution in [3.8, 4) is 0 Å². The Bertz CT molecular complexity index is 457. The summed E-state index contributed by atoms with van der Waals surface area (Å²) in [5, 5.41) is 7.61. The van der Waals surface area contributed by atoms with Crippen LogP contribution in [0.4, 0.5) is 10.1 Å². The average Bonchev–Trinajstić information content (AvgIpc) is 2.39. The zero-order valence-corrected chi connectivity index (χ0v) is 11.5. The Labute approximate surface area is 114 Å². The van der Waals surface area contributed by atoms with Crippen LogP contribution < -0.4 is 10.6 Å². The van der Waals surface area contributed by atoms with Gasteiger partial charge in [0.15, 0.2) is 0 Å². The Kier molecular flexibility index (Phi) is 4.40. The van der Waals surface area contributed by atoms with Crippen molar-refractivity contribution >= 4 is 11.5 Å². The van der Waals surface area contributed by atoms with E-state index in [4.69, 9.17) is 11.1 Å². The minimum atomic E-state index is -0.397. The molecule has 0 aromatic heterocycles. The molecule has 3 nitrogen and oxygen atoms in total. The quantitative estimate of drug-likeness (QED) is 0.647. The van der Waals surface area contributed by atoms with Gasteiger partial charge in [-0.25, -0.2) is 4.39 Å². The van der Waals surface area contributed by atoms with E-state index in [1.54, 1.807) is 6.07 Å². The Morgan fingerprint density at radius 3 is 2.95 bits per heavy atom. The van der Waals surface area contributed by atoms with Crippen LogP contribution in [0, 0.1) is 11.2 Å². The number of hydrogen-bond acceptors (Lipinski definition) is 2. The predicted octanol–water partition coefficient (Wildman–Crippen LogP) is 3.27. The largest absolute Gasteiger partial charge is 0.384 e. The molecule has 0 radical (unpaired) electrons. The van der Waals surface area contributed by atoms with Crippen LogP contribution in [0.5, 0.6) is 0 Å². The Morgan fingerprint density at radius 2 is 2.26 bits per heavy atom. The van der Waals surface area contributed by atoms with Crippen molar-refractivity contribution in [1.82, 2.24) is 0 Å². The normalized spacial score (nSPS) is 19.5. The molecule has 0 bridgehead atoms. The number of hydrogen-bond donors (Lipinski definition) is 2. The first-order valence-electron chi connectivity index (χ1n) is 7.04. The fourth-order valence-corrected chi connectivity index (χ4v) is 2.97. The molecule has 1 aliphatic rings. The van der Waals surface area contributed by atoms with Crippen molar-refractivity contribution in [3.05, 3.63) is 29.6 Å². The van der Waals surface area contributed by atoms with Crippen molar-refractivity contribution in [2.45, 2.75) is 45.1 Å². The summed E-state index contributed by atoms with van der Waals surface area (Å²) in [5.41, 5.74) is 6.60. The van der Waals surface area contributed by atoms with Crippen LogP contribution in [-0.4, -0.2) is 18.4 Å². The molecule has 1 aromatic carbocycles. The maximum absolute atomic E-state index is 13.9. The number of nitrogens with two attached hydrogens (primary N) is 1. The molecule has 0 spiro atoms. The zero-order valence-electron chi connectivity index (χ0n) is 11.5. The van der Waals surface area contributed by atoms with Gasteiger partial charge in [-0.05, 0) is 37.8 Å².